The molecule has 0 saturated heterocycles. The molecule has 1 unspecified atom stereocenters. The minimum Gasteiger partial charge on any atom is -0.768 e. The van der Waals surface area contributed by atoms with Crippen molar-refractivity contribution in [1.29, 1.82) is 0 Å². The Morgan fingerprint density at radius 1 is 1.00 bits per heavy atom. The molecule has 0 saturated carbocycles. The van der Waals surface area contributed by atoms with Crippen molar-refractivity contribution in [2.75, 3.05) is 0 Å². The molecule has 0 amide bonds. The van der Waals surface area contributed by atoms with Crippen molar-refractivity contribution >= 4 is 23.2 Å². The smallest absolute Gasteiger partial charge is 0.768 e. The van der Waals surface area contributed by atoms with E-state index in [1.54, 1.807) is 18.2 Å². The van der Waals surface area contributed by atoms with Crippen LogP contribution in [0.3, 0.4) is 0 Å². The Morgan fingerprint density at radius 2 is 1.65 bits per heavy atom. The van der Waals surface area contributed by atoms with E-state index in [0.29, 0.717) is 0 Å². The Kier molecular flexibility index (Phi) is 6.71. The van der Waals surface area contributed by atoms with Crippen LogP contribution in [0.5, 0.6) is 0 Å². The molecule has 0 N–H and O–H groups in total. The quantitative estimate of drug-likeness (QED) is 0.467. The number of rotatable bonds is 3. The monoisotopic (exact) mass is 302 g/mol. The van der Waals surface area contributed by atoms with Gasteiger partial charge in [0, 0.05) is 16.5 Å². The summed E-state index contributed by atoms with van der Waals surface area (Å²) in [4.78, 5) is 0.185. The molecule has 2 rings (SSSR count). The molecule has 98 valence electrons. The summed E-state index contributed by atoms with van der Waals surface area (Å²) in [5, 5.41) is 0. The topological polar surface area (TPSA) is 40.1 Å². The van der Waals surface area contributed by atoms with Crippen molar-refractivity contribution in [3.8, 4) is 0 Å². The van der Waals surface area contributed by atoms with Gasteiger partial charge in [-0.05, 0) is 40.9 Å². The zero-order chi connectivity index (χ0) is 13.8. The van der Waals surface area contributed by atoms with Gasteiger partial charge < -0.3 is 4.55 Å². The number of benzene rings is 2. The van der Waals surface area contributed by atoms with E-state index in [9.17, 15) is 17.5 Å². The average molecular weight is 302 g/mol. The molecular weight excluding hydrogens is 293 g/mol. The Hall–Kier alpha value is -0.850. The van der Waals surface area contributed by atoms with Gasteiger partial charge in [-0.15, -0.1) is 0 Å². The van der Waals surface area contributed by atoms with E-state index in [1.807, 2.05) is 0 Å². The molecule has 0 aromatic heterocycles. The fourth-order valence-corrected chi connectivity index (χ4v) is 1.87. The summed E-state index contributed by atoms with van der Waals surface area (Å²) in [6.07, 6.45) is 3.12. The summed E-state index contributed by atoms with van der Waals surface area (Å²) in [5.74, 6) is -1.27. The van der Waals surface area contributed by atoms with E-state index in [0.717, 1.165) is 11.6 Å². The van der Waals surface area contributed by atoms with Gasteiger partial charge in [0.1, 0.15) is 11.6 Å². The van der Waals surface area contributed by atoms with Gasteiger partial charge in [0.15, 0.2) is 0 Å². The summed E-state index contributed by atoms with van der Waals surface area (Å²) in [6.45, 7) is 0. The molecule has 20 heavy (non-hydrogen) atoms. The number of hydrogen-bond donors (Lipinski definition) is 0. The van der Waals surface area contributed by atoms with Crippen LogP contribution < -0.4 is 29.6 Å². The van der Waals surface area contributed by atoms with Crippen LogP contribution >= 0.6 is 0 Å². The SMILES string of the molecule is O=S([O-])c1ccc(C=Cc2ccc(F)cc2F)cc1.[Na+]. The maximum atomic E-state index is 13.4. The summed E-state index contributed by atoms with van der Waals surface area (Å²) >= 11 is -2.26. The first-order chi connectivity index (χ1) is 9.06. The molecule has 2 aromatic carbocycles. The average Bonchev–Trinajstić information content (AvgIpc) is 2.38. The zero-order valence-corrected chi connectivity index (χ0v) is 13.5. The third-order valence-electron chi connectivity index (χ3n) is 2.49. The Labute approximate surface area is 140 Å². The van der Waals surface area contributed by atoms with Crippen molar-refractivity contribution in [3.63, 3.8) is 0 Å². The van der Waals surface area contributed by atoms with Gasteiger partial charge in [-0.2, -0.15) is 0 Å². The van der Waals surface area contributed by atoms with Gasteiger partial charge in [-0.25, -0.2) is 8.78 Å². The first kappa shape index (κ1) is 17.2. The number of halogens is 2. The van der Waals surface area contributed by atoms with E-state index < -0.39 is 22.7 Å². The maximum absolute atomic E-state index is 13.4. The Bertz CT molecular complexity index is 642. The molecule has 2 nitrogen and oxygen atoms in total. The van der Waals surface area contributed by atoms with Gasteiger partial charge in [0.2, 0.25) is 0 Å². The summed E-state index contributed by atoms with van der Waals surface area (Å²) in [7, 11) is 0. The fraction of sp³-hybridized carbons (Fsp3) is 0. The first-order valence-corrected chi connectivity index (χ1v) is 6.46. The van der Waals surface area contributed by atoms with Crippen molar-refractivity contribution in [2.24, 2.45) is 0 Å². The molecule has 0 fully saturated rings. The van der Waals surface area contributed by atoms with Crippen molar-refractivity contribution in [1.82, 2.24) is 0 Å². The third-order valence-corrected chi connectivity index (χ3v) is 3.15. The predicted molar refractivity (Wildman–Crippen MR) is 68.9 cm³/mol. The van der Waals surface area contributed by atoms with Gasteiger partial charge >= 0.3 is 29.6 Å². The summed E-state index contributed by atoms with van der Waals surface area (Å²) < 4.78 is 47.4. The third kappa shape index (κ3) is 4.61. The second-order valence-corrected chi connectivity index (χ2v) is 4.74. The van der Waals surface area contributed by atoms with Crippen LogP contribution in [0.15, 0.2) is 47.4 Å². The number of hydrogen-bond acceptors (Lipinski definition) is 2. The first-order valence-electron chi connectivity index (χ1n) is 5.39. The fourth-order valence-electron chi connectivity index (χ4n) is 1.51. The minimum absolute atomic E-state index is 0. The standard InChI is InChI=1S/C14H10F2O2S.Na/c15-12-6-5-11(14(16)9-12)4-1-10-2-7-13(8-3-10)19(17)18;/h1-9H,(H,17,18);/q;+1/p-1. The van der Waals surface area contributed by atoms with Gasteiger partial charge in [0.05, 0.1) is 0 Å². The van der Waals surface area contributed by atoms with Crippen LogP contribution in [0.2, 0.25) is 0 Å². The van der Waals surface area contributed by atoms with Crippen LogP contribution in [0.4, 0.5) is 8.78 Å². The van der Waals surface area contributed by atoms with E-state index in [4.69, 9.17) is 0 Å². The Morgan fingerprint density at radius 3 is 2.20 bits per heavy atom. The molecule has 0 spiro atoms. The molecule has 0 heterocycles. The van der Waals surface area contributed by atoms with E-state index in [1.165, 1.54) is 30.3 Å². The molecule has 0 radical (unpaired) electrons. The molecular formula is C14H9F2NaO2S. The molecule has 6 heteroatoms. The van der Waals surface area contributed by atoms with Crippen LogP contribution in [-0.2, 0) is 11.1 Å². The predicted octanol–water partition coefficient (Wildman–Crippen LogP) is 0.377. The molecule has 2 aromatic rings. The van der Waals surface area contributed by atoms with Crippen LogP contribution in [0.25, 0.3) is 12.2 Å². The molecule has 0 bridgehead atoms. The summed E-state index contributed by atoms with van der Waals surface area (Å²) in [5.41, 5.74) is 0.982. The van der Waals surface area contributed by atoms with Crippen molar-refractivity contribution in [3.05, 3.63) is 65.2 Å². The van der Waals surface area contributed by atoms with Gasteiger partial charge in [-0.1, -0.05) is 24.3 Å². The van der Waals surface area contributed by atoms with Crippen molar-refractivity contribution in [2.45, 2.75) is 4.90 Å². The summed E-state index contributed by atoms with van der Waals surface area (Å²) in [6, 6.07) is 9.41. The second kappa shape index (κ2) is 7.81. The second-order valence-electron chi connectivity index (χ2n) is 3.80. The van der Waals surface area contributed by atoms with Crippen molar-refractivity contribution < 1.29 is 47.1 Å². The molecule has 0 aliphatic rings. The van der Waals surface area contributed by atoms with Gasteiger partial charge in [0.25, 0.3) is 0 Å². The van der Waals surface area contributed by atoms with Crippen LogP contribution in [-0.4, -0.2) is 8.76 Å². The normalized spacial score (nSPS) is 12.2. The van der Waals surface area contributed by atoms with E-state index >= 15 is 0 Å². The zero-order valence-electron chi connectivity index (χ0n) is 10.7. The minimum atomic E-state index is -2.26. The van der Waals surface area contributed by atoms with E-state index in [2.05, 4.69) is 0 Å². The van der Waals surface area contributed by atoms with E-state index in [-0.39, 0.29) is 40.0 Å². The molecule has 0 aliphatic carbocycles. The maximum Gasteiger partial charge on any atom is 1.00 e. The molecule has 0 aliphatic heterocycles. The van der Waals surface area contributed by atoms with Crippen LogP contribution in [0.1, 0.15) is 11.1 Å². The van der Waals surface area contributed by atoms with Gasteiger partial charge in [-0.3, -0.25) is 4.21 Å². The van der Waals surface area contributed by atoms with Crippen LogP contribution in [0, 0.1) is 11.6 Å². The Balaban J connectivity index is 0.00000200. The largest absolute Gasteiger partial charge is 1.00 e. The molecule has 1 atom stereocenters.